The maximum absolute atomic E-state index is 11.7. The number of rotatable bonds is 21. The summed E-state index contributed by atoms with van der Waals surface area (Å²) in [6.07, 6.45) is -3.95. The minimum absolute atomic E-state index is 0.0807. The molecule has 0 aromatic heterocycles. The average molecular weight is 638 g/mol. The number of hydrogen-bond acceptors (Lipinski definition) is 15. The quantitative estimate of drug-likeness (QED) is 0.0830. The van der Waals surface area contributed by atoms with Gasteiger partial charge in [-0.3, -0.25) is 14.4 Å². The second-order valence-corrected chi connectivity index (χ2v) is 11.5. The summed E-state index contributed by atoms with van der Waals surface area (Å²) in [4.78, 5) is 34.8. The fourth-order valence-corrected chi connectivity index (χ4v) is 5.69. The Bertz CT molecular complexity index is 867. The van der Waals surface area contributed by atoms with E-state index in [4.69, 9.17) is 53.2 Å². The first kappa shape index (κ1) is 39.0. The molecule has 0 spiro atoms. The number of nitrogens with two attached hydrogens (primary N) is 1. The molecule has 43 heavy (non-hydrogen) atoms. The molecule has 0 bridgehead atoms. The molecular formula is C27H48N3O12P. The molecule has 0 aromatic carbocycles. The van der Waals surface area contributed by atoms with Gasteiger partial charge in [-0.15, -0.1) is 0 Å². The van der Waals surface area contributed by atoms with E-state index in [1.165, 1.54) is 20.8 Å². The predicted molar refractivity (Wildman–Crippen MR) is 153 cm³/mol. The first-order valence-electron chi connectivity index (χ1n) is 14.3. The Morgan fingerprint density at radius 2 is 1.37 bits per heavy atom. The maximum Gasteiger partial charge on any atom is 0.303 e. The molecule has 0 aromatic rings. The lowest BCUT2D eigenvalue weighted by molar-refractivity contribution is -0.275. The number of carbonyl (C=O) groups excluding carboxylic acids is 3. The summed E-state index contributed by atoms with van der Waals surface area (Å²) < 4.78 is 52.3. The topological polar surface area (TPSA) is 187 Å². The Kier molecular flexibility index (Phi) is 19.7. The van der Waals surface area contributed by atoms with Crippen molar-refractivity contribution >= 4 is 26.4 Å². The van der Waals surface area contributed by atoms with Crippen LogP contribution in [0.2, 0.25) is 0 Å². The lowest BCUT2D eigenvalue weighted by Gasteiger charge is -2.43. The van der Waals surface area contributed by atoms with Crippen LogP contribution in [0.5, 0.6) is 0 Å². The van der Waals surface area contributed by atoms with Crippen molar-refractivity contribution in [2.75, 3.05) is 52.9 Å². The molecule has 1 rings (SSSR count). The van der Waals surface area contributed by atoms with Crippen LogP contribution in [0.4, 0.5) is 0 Å². The van der Waals surface area contributed by atoms with Crippen LogP contribution in [0, 0.1) is 11.3 Å². The summed E-state index contributed by atoms with van der Waals surface area (Å²) >= 11 is 0. The lowest BCUT2D eigenvalue weighted by Crippen LogP contribution is -2.64. The normalized spacial score (nSPS) is 22.8. The van der Waals surface area contributed by atoms with E-state index in [2.05, 4.69) is 38.4 Å². The van der Waals surface area contributed by atoms with Crippen molar-refractivity contribution in [3.63, 3.8) is 0 Å². The average Bonchev–Trinajstić information content (AvgIpc) is 2.91. The van der Waals surface area contributed by atoms with Gasteiger partial charge in [0.2, 0.25) is 0 Å². The monoisotopic (exact) mass is 637 g/mol. The van der Waals surface area contributed by atoms with Crippen molar-refractivity contribution in [1.82, 2.24) is 4.67 Å². The van der Waals surface area contributed by atoms with Crippen LogP contribution in [0.3, 0.4) is 0 Å². The Balaban J connectivity index is 2.48. The highest BCUT2D eigenvalue weighted by Gasteiger charge is 2.49. The van der Waals surface area contributed by atoms with E-state index < -0.39 is 57.1 Å². The number of ether oxygens (including phenoxy) is 7. The lowest BCUT2D eigenvalue weighted by atomic mass is 9.97. The maximum atomic E-state index is 11.7. The number of nitrogens with zero attached hydrogens (tertiary/aromatic N) is 2. The molecule has 1 aliphatic rings. The highest BCUT2D eigenvalue weighted by molar-refractivity contribution is 7.44. The van der Waals surface area contributed by atoms with Crippen LogP contribution >= 0.6 is 8.53 Å². The van der Waals surface area contributed by atoms with E-state index in [-0.39, 0.29) is 38.5 Å². The van der Waals surface area contributed by atoms with Gasteiger partial charge in [-0.1, -0.05) is 0 Å². The van der Waals surface area contributed by atoms with Gasteiger partial charge in [0.15, 0.2) is 18.5 Å². The van der Waals surface area contributed by atoms with Gasteiger partial charge >= 0.3 is 17.9 Å². The van der Waals surface area contributed by atoms with Crippen LogP contribution in [-0.2, 0) is 56.6 Å². The van der Waals surface area contributed by atoms with E-state index in [9.17, 15) is 14.4 Å². The first-order valence-corrected chi connectivity index (χ1v) is 15.4. The van der Waals surface area contributed by atoms with Crippen LogP contribution in [0.1, 0.15) is 54.9 Å². The fourth-order valence-electron chi connectivity index (χ4n) is 4.11. The minimum atomic E-state index is -1.33. The van der Waals surface area contributed by atoms with Crippen LogP contribution in [0.15, 0.2) is 0 Å². The number of nitriles is 1. The number of esters is 3. The van der Waals surface area contributed by atoms with Crippen molar-refractivity contribution in [2.45, 2.75) is 97.6 Å². The summed E-state index contributed by atoms with van der Waals surface area (Å²) in [6, 6.07) is 1.49. The van der Waals surface area contributed by atoms with Crippen molar-refractivity contribution in [2.24, 2.45) is 5.73 Å². The highest BCUT2D eigenvalue weighted by Crippen LogP contribution is 2.45. The summed E-state index contributed by atoms with van der Waals surface area (Å²) in [5, 5.41) is 8.81. The third-order valence-corrected chi connectivity index (χ3v) is 7.83. The van der Waals surface area contributed by atoms with Gasteiger partial charge in [0, 0.05) is 32.9 Å². The SMILES string of the molecule is CC(=O)OCC1OC(OCCOCCOCCOP(OCCC#N)N(C(C)C)C(C)C)C(N)C(OC(C)=O)C1OC(C)=O. The molecule has 1 fully saturated rings. The van der Waals surface area contributed by atoms with E-state index >= 15 is 0 Å². The largest absolute Gasteiger partial charge is 0.463 e. The molecule has 1 heterocycles. The van der Waals surface area contributed by atoms with E-state index in [0.717, 1.165) is 0 Å². The van der Waals surface area contributed by atoms with Crippen LogP contribution in [0.25, 0.3) is 0 Å². The van der Waals surface area contributed by atoms with Gasteiger partial charge in [0.25, 0.3) is 8.53 Å². The first-order chi connectivity index (χ1) is 20.4. The predicted octanol–water partition coefficient (Wildman–Crippen LogP) is 1.81. The van der Waals surface area contributed by atoms with Gasteiger partial charge in [-0.25, -0.2) is 4.67 Å². The summed E-state index contributed by atoms with van der Waals surface area (Å²) in [5.74, 6) is -1.86. The van der Waals surface area contributed by atoms with Gasteiger partial charge < -0.3 is 47.9 Å². The standard InChI is InChI=1S/C27H48N3O12P/c1-18(2)30(19(3)4)43(38-10-8-9-28)39-16-14-35-12-11-34-13-15-36-27-24(29)26(41-22(7)33)25(40-21(6)32)23(42-27)17-37-20(5)31/h18-19,23-27H,8,10-17,29H2,1-7H3. The van der Waals surface area contributed by atoms with Gasteiger partial charge in [0.05, 0.1) is 64.8 Å². The zero-order valence-corrected chi connectivity index (χ0v) is 27.1. The molecule has 248 valence electrons. The summed E-state index contributed by atoms with van der Waals surface area (Å²) in [5.41, 5.74) is 6.25. The molecular weight excluding hydrogens is 589 g/mol. The molecule has 16 heteroatoms. The van der Waals surface area contributed by atoms with Gasteiger partial charge in [-0.05, 0) is 27.7 Å². The molecule has 2 N–H and O–H groups in total. The number of carbonyl (C=O) groups is 3. The fraction of sp³-hybridized carbons (Fsp3) is 0.852. The molecule has 1 saturated heterocycles. The molecule has 0 saturated carbocycles. The summed E-state index contributed by atoms with van der Waals surface area (Å²) in [6.45, 7) is 13.4. The zero-order valence-electron chi connectivity index (χ0n) is 26.2. The Hall–Kier alpha value is -1.99. The minimum Gasteiger partial charge on any atom is -0.463 e. The molecule has 0 aliphatic carbocycles. The molecule has 1 aliphatic heterocycles. The molecule has 15 nitrogen and oxygen atoms in total. The van der Waals surface area contributed by atoms with Crippen LogP contribution in [-0.4, -0.2) is 118 Å². The Morgan fingerprint density at radius 3 is 1.91 bits per heavy atom. The Morgan fingerprint density at radius 1 is 0.837 bits per heavy atom. The molecule has 6 unspecified atom stereocenters. The smallest absolute Gasteiger partial charge is 0.303 e. The van der Waals surface area contributed by atoms with E-state index in [1.54, 1.807) is 0 Å². The van der Waals surface area contributed by atoms with Gasteiger partial charge in [0.1, 0.15) is 12.7 Å². The van der Waals surface area contributed by atoms with E-state index in [1.807, 2.05) is 0 Å². The second-order valence-electron chi connectivity index (χ2n) is 10.0. The van der Waals surface area contributed by atoms with Crippen molar-refractivity contribution in [3.8, 4) is 6.07 Å². The molecule has 6 atom stereocenters. The van der Waals surface area contributed by atoms with Crippen molar-refractivity contribution < 1.29 is 56.6 Å². The van der Waals surface area contributed by atoms with Gasteiger partial charge in [-0.2, -0.15) is 5.26 Å². The third kappa shape index (κ3) is 15.5. The Labute approximate surface area is 255 Å². The van der Waals surface area contributed by atoms with E-state index in [0.29, 0.717) is 32.8 Å². The molecule has 0 amide bonds. The molecule has 0 radical (unpaired) electrons. The summed E-state index contributed by atoms with van der Waals surface area (Å²) in [7, 11) is -1.33. The highest BCUT2D eigenvalue weighted by atomic mass is 31.2. The van der Waals surface area contributed by atoms with Crippen molar-refractivity contribution in [1.29, 1.82) is 5.26 Å². The number of hydrogen-bond donors (Lipinski definition) is 1. The second kappa shape index (κ2) is 21.7. The van der Waals surface area contributed by atoms with Crippen LogP contribution < -0.4 is 5.73 Å². The zero-order chi connectivity index (χ0) is 32.4. The third-order valence-electron chi connectivity index (χ3n) is 5.72. The van der Waals surface area contributed by atoms with Crippen molar-refractivity contribution in [3.05, 3.63) is 0 Å².